The van der Waals surface area contributed by atoms with Crippen molar-refractivity contribution in [1.29, 1.82) is 0 Å². The quantitative estimate of drug-likeness (QED) is 0.0913. The van der Waals surface area contributed by atoms with E-state index in [1.807, 2.05) is 86.0 Å². The molecule has 0 saturated heterocycles. The number of benzene rings is 4. The first kappa shape index (κ1) is 31.4. The summed E-state index contributed by atoms with van der Waals surface area (Å²) in [6.07, 6.45) is 1.50. The highest BCUT2D eigenvalue weighted by Crippen LogP contribution is 2.36. The van der Waals surface area contributed by atoms with Crippen molar-refractivity contribution in [3.05, 3.63) is 118 Å². The molecule has 11 heteroatoms. The highest BCUT2D eigenvalue weighted by atomic mass is 79.9. The van der Waals surface area contributed by atoms with Crippen LogP contribution in [-0.4, -0.2) is 36.2 Å². The molecule has 3 N–H and O–H groups in total. The van der Waals surface area contributed by atoms with Gasteiger partial charge in [0.05, 0.1) is 23.0 Å². The van der Waals surface area contributed by atoms with Crippen LogP contribution in [0.15, 0.2) is 106 Å². The van der Waals surface area contributed by atoms with E-state index < -0.39 is 0 Å². The van der Waals surface area contributed by atoms with Gasteiger partial charge in [-0.3, -0.25) is 9.59 Å². The number of para-hydroxylation sites is 1. The number of hydrogen-bond acceptors (Lipinski definition) is 8. The Morgan fingerprint density at radius 3 is 2.49 bits per heavy atom. The number of nitrogens with zero attached hydrogens (tertiary/aromatic N) is 2. The summed E-state index contributed by atoms with van der Waals surface area (Å²) in [6, 6.07) is 28.0. The van der Waals surface area contributed by atoms with Crippen LogP contribution < -0.4 is 25.5 Å². The molecule has 0 atom stereocenters. The van der Waals surface area contributed by atoms with Gasteiger partial charge in [0.2, 0.25) is 0 Å². The summed E-state index contributed by atoms with van der Waals surface area (Å²) in [7, 11) is 0. The maximum atomic E-state index is 12.7. The van der Waals surface area contributed by atoms with Gasteiger partial charge in [-0.25, -0.2) is 10.4 Å². The Labute approximate surface area is 273 Å². The predicted molar refractivity (Wildman–Crippen MR) is 183 cm³/mol. The number of hydrogen-bond donors (Lipinski definition) is 3. The fourth-order valence-corrected chi connectivity index (χ4v) is 5.57. The minimum absolute atomic E-state index is 0.205. The molecule has 2 amide bonds. The van der Waals surface area contributed by atoms with Gasteiger partial charge in [0.15, 0.2) is 23.2 Å². The maximum Gasteiger partial charge on any atom is 0.271 e. The lowest BCUT2D eigenvalue weighted by Crippen LogP contribution is -2.20. The highest BCUT2D eigenvalue weighted by Gasteiger charge is 2.14. The van der Waals surface area contributed by atoms with Gasteiger partial charge in [-0.1, -0.05) is 42.5 Å². The van der Waals surface area contributed by atoms with Crippen molar-refractivity contribution in [1.82, 2.24) is 10.4 Å². The van der Waals surface area contributed by atoms with Gasteiger partial charge in [-0.05, 0) is 89.4 Å². The average molecular weight is 685 g/mol. The molecule has 1 aromatic heterocycles. The molecule has 0 unspecified atom stereocenters. The minimum Gasteiger partial charge on any atom is -0.490 e. The van der Waals surface area contributed by atoms with Crippen LogP contribution in [0.3, 0.4) is 0 Å². The van der Waals surface area contributed by atoms with E-state index in [4.69, 9.17) is 9.47 Å². The molecule has 0 fully saturated rings. The Hall–Kier alpha value is -5.00. The van der Waals surface area contributed by atoms with E-state index in [0.29, 0.717) is 39.4 Å². The normalized spacial score (nSPS) is 10.8. The number of amides is 2. The number of nitrogens with one attached hydrogen (secondary N) is 3. The summed E-state index contributed by atoms with van der Waals surface area (Å²) in [6.45, 7) is 3.99. The van der Waals surface area contributed by atoms with Crippen molar-refractivity contribution in [3.8, 4) is 22.8 Å². The zero-order valence-corrected chi connectivity index (χ0v) is 26.9. The monoisotopic (exact) mass is 683 g/mol. The van der Waals surface area contributed by atoms with E-state index >= 15 is 0 Å². The van der Waals surface area contributed by atoms with Crippen LogP contribution in [0.4, 0.5) is 16.5 Å². The van der Waals surface area contributed by atoms with Gasteiger partial charge in [0.25, 0.3) is 11.8 Å². The van der Waals surface area contributed by atoms with Crippen LogP contribution in [0.25, 0.3) is 11.3 Å². The second-order valence-corrected chi connectivity index (χ2v) is 11.5. The van der Waals surface area contributed by atoms with Crippen LogP contribution in [0, 0.1) is 6.92 Å². The van der Waals surface area contributed by atoms with E-state index in [2.05, 4.69) is 42.1 Å². The van der Waals surface area contributed by atoms with E-state index in [0.717, 1.165) is 27.6 Å². The van der Waals surface area contributed by atoms with Crippen molar-refractivity contribution in [2.24, 2.45) is 5.10 Å². The third-order valence-corrected chi connectivity index (χ3v) is 7.68. The summed E-state index contributed by atoms with van der Waals surface area (Å²) in [4.78, 5) is 29.8. The van der Waals surface area contributed by atoms with Crippen LogP contribution in [-0.2, 0) is 4.79 Å². The van der Waals surface area contributed by atoms with Crippen LogP contribution >= 0.6 is 27.3 Å². The Kier molecular flexibility index (Phi) is 10.6. The molecule has 0 spiro atoms. The molecule has 228 valence electrons. The van der Waals surface area contributed by atoms with E-state index in [1.54, 1.807) is 24.3 Å². The van der Waals surface area contributed by atoms with Gasteiger partial charge in [-0.15, -0.1) is 11.3 Å². The molecule has 5 rings (SSSR count). The number of thiazole rings is 1. The largest absolute Gasteiger partial charge is 0.490 e. The number of anilines is 3. The Morgan fingerprint density at radius 2 is 1.73 bits per heavy atom. The van der Waals surface area contributed by atoms with E-state index in [1.165, 1.54) is 17.6 Å². The van der Waals surface area contributed by atoms with Gasteiger partial charge in [-0.2, -0.15) is 5.10 Å². The second-order valence-electron chi connectivity index (χ2n) is 9.77. The Morgan fingerprint density at radius 1 is 0.956 bits per heavy atom. The zero-order valence-electron chi connectivity index (χ0n) is 24.5. The summed E-state index contributed by atoms with van der Waals surface area (Å²) in [5.74, 6) is 0.169. The molecule has 45 heavy (non-hydrogen) atoms. The summed E-state index contributed by atoms with van der Waals surface area (Å²) in [5, 5.41) is 13.0. The molecule has 0 saturated carbocycles. The summed E-state index contributed by atoms with van der Waals surface area (Å²) in [5.41, 5.74) is 8.09. The number of aryl methyl sites for hydroxylation is 1. The maximum absolute atomic E-state index is 12.7. The molecular weight excluding hydrogens is 654 g/mol. The first-order chi connectivity index (χ1) is 21.9. The van der Waals surface area contributed by atoms with Crippen molar-refractivity contribution >= 4 is 61.8 Å². The molecule has 0 aliphatic carbocycles. The summed E-state index contributed by atoms with van der Waals surface area (Å²) < 4.78 is 12.1. The number of carbonyl (C=O) groups excluding carboxylic acids is 2. The SMILES string of the molecule is CCOc1cc(/C=N/NC(=O)c2ccc(-c3csc(Nc4ccccc4)n3)cc2)cc(Br)c1OCC(=O)Nc1cccc(C)c1. The molecule has 1 heterocycles. The third-order valence-electron chi connectivity index (χ3n) is 6.33. The number of rotatable bonds is 12. The first-order valence-electron chi connectivity index (χ1n) is 14.0. The predicted octanol–water partition coefficient (Wildman–Crippen LogP) is 7.80. The molecule has 5 aromatic rings. The van der Waals surface area contributed by atoms with E-state index in [9.17, 15) is 9.59 Å². The number of carbonyl (C=O) groups is 2. The fraction of sp³-hybridized carbons (Fsp3) is 0.118. The van der Waals surface area contributed by atoms with Gasteiger partial charge >= 0.3 is 0 Å². The lowest BCUT2D eigenvalue weighted by molar-refractivity contribution is -0.118. The lowest BCUT2D eigenvalue weighted by atomic mass is 10.1. The zero-order chi connectivity index (χ0) is 31.6. The highest BCUT2D eigenvalue weighted by molar-refractivity contribution is 9.10. The fourth-order valence-electron chi connectivity index (χ4n) is 4.25. The van der Waals surface area contributed by atoms with Crippen molar-refractivity contribution in [2.45, 2.75) is 13.8 Å². The third kappa shape index (κ3) is 8.78. The smallest absolute Gasteiger partial charge is 0.271 e. The van der Waals surface area contributed by atoms with Gasteiger partial charge < -0.3 is 20.1 Å². The second kappa shape index (κ2) is 15.1. The number of ether oxygens (including phenoxy) is 2. The van der Waals surface area contributed by atoms with E-state index in [-0.39, 0.29) is 18.4 Å². The Balaban J connectivity index is 1.17. The molecule has 0 aliphatic heterocycles. The molecule has 4 aromatic carbocycles. The minimum atomic E-state index is -0.355. The molecule has 0 aliphatic rings. The number of hydrazone groups is 1. The topological polar surface area (TPSA) is 114 Å². The average Bonchev–Trinajstić information content (AvgIpc) is 3.50. The van der Waals surface area contributed by atoms with Gasteiger partial charge in [0, 0.05) is 27.9 Å². The van der Waals surface area contributed by atoms with Crippen molar-refractivity contribution < 1.29 is 19.1 Å². The molecule has 0 radical (unpaired) electrons. The van der Waals surface area contributed by atoms with Crippen LogP contribution in [0.2, 0.25) is 0 Å². The van der Waals surface area contributed by atoms with Gasteiger partial charge in [0.1, 0.15) is 0 Å². The van der Waals surface area contributed by atoms with Crippen molar-refractivity contribution in [2.75, 3.05) is 23.8 Å². The van der Waals surface area contributed by atoms with Crippen LogP contribution in [0.5, 0.6) is 11.5 Å². The van der Waals surface area contributed by atoms with Crippen LogP contribution in [0.1, 0.15) is 28.4 Å². The summed E-state index contributed by atoms with van der Waals surface area (Å²) >= 11 is 5.01. The number of aromatic nitrogens is 1. The lowest BCUT2D eigenvalue weighted by Gasteiger charge is -2.14. The first-order valence-corrected chi connectivity index (χ1v) is 15.7. The molecular formula is C34H30BrN5O4S. The number of halogens is 1. The standard InChI is InChI=1S/C34H30BrN5O4S/c1-3-43-30-18-23(17-28(35)32(30)44-20-31(41)37-27-11-7-8-22(2)16-27)19-36-40-33(42)25-14-12-24(13-15-25)29-21-45-34(39-29)38-26-9-5-4-6-10-26/h4-19,21H,3,20H2,1-2H3,(H,37,41)(H,38,39)(H,40,42)/b36-19+. The molecule has 0 bridgehead atoms. The molecule has 9 nitrogen and oxygen atoms in total. The van der Waals surface area contributed by atoms with Crippen molar-refractivity contribution in [3.63, 3.8) is 0 Å². The Bertz CT molecular complexity index is 1810.